The number of fused-ring (bicyclic) bond motifs is 1. The number of rotatable bonds is 8. The molecule has 0 fully saturated rings. The summed E-state index contributed by atoms with van der Waals surface area (Å²) in [6.07, 6.45) is 0.199. The fourth-order valence-electron chi connectivity index (χ4n) is 4.10. The van der Waals surface area contributed by atoms with Crippen LogP contribution in [0.2, 0.25) is 0 Å². The van der Waals surface area contributed by atoms with E-state index < -0.39 is 5.97 Å². The zero-order valence-electron chi connectivity index (χ0n) is 19.5. The number of carbonyl (C=O) groups is 2. The lowest BCUT2D eigenvalue weighted by atomic mass is 9.88. The normalized spacial score (nSPS) is 15.0. The van der Waals surface area contributed by atoms with Crippen molar-refractivity contribution in [3.05, 3.63) is 57.8 Å². The number of amides is 1. The minimum absolute atomic E-state index is 0.0143. The average molecular weight is 482 g/mol. The summed E-state index contributed by atoms with van der Waals surface area (Å²) in [7, 11) is 1.57. The van der Waals surface area contributed by atoms with Crippen molar-refractivity contribution < 1.29 is 28.9 Å². The van der Waals surface area contributed by atoms with Gasteiger partial charge in [-0.15, -0.1) is 11.3 Å². The number of aromatic carboxylic acids is 1. The Morgan fingerprint density at radius 2 is 1.91 bits per heavy atom. The summed E-state index contributed by atoms with van der Waals surface area (Å²) in [6, 6.07) is 12.8. The van der Waals surface area contributed by atoms with Gasteiger partial charge >= 0.3 is 5.97 Å². The number of ether oxygens (including phenoxy) is 3. The first-order valence-corrected chi connectivity index (χ1v) is 11.9. The molecule has 1 aromatic heterocycles. The van der Waals surface area contributed by atoms with Crippen LogP contribution in [0.4, 0.5) is 5.69 Å². The van der Waals surface area contributed by atoms with Gasteiger partial charge < -0.3 is 24.6 Å². The fraction of sp³-hybridized carbons (Fsp3) is 0.308. The summed E-state index contributed by atoms with van der Waals surface area (Å²) < 4.78 is 16.9. The van der Waals surface area contributed by atoms with E-state index in [1.165, 1.54) is 11.3 Å². The molecule has 0 spiro atoms. The molecule has 1 aliphatic rings. The molecule has 7 nitrogen and oxygen atoms in total. The van der Waals surface area contributed by atoms with Crippen LogP contribution in [0.25, 0.3) is 11.1 Å². The van der Waals surface area contributed by atoms with E-state index in [1.807, 2.05) is 39.0 Å². The van der Waals surface area contributed by atoms with Crippen LogP contribution >= 0.6 is 11.3 Å². The van der Waals surface area contributed by atoms with E-state index in [4.69, 9.17) is 14.2 Å². The summed E-state index contributed by atoms with van der Waals surface area (Å²) in [5.74, 6) is 0.408. The molecular weight excluding hydrogens is 454 g/mol. The molecule has 2 N–H and O–H groups in total. The molecule has 0 saturated carbocycles. The molecule has 0 radical (unpaired) electrons. The first-order valence-electron chi connectivity index (χ1n) is 11.1. The summed E-state index contributed by atoms with van der Waals surface area (Å²) in [6.45, 7) is 6.26. The van der Waals surface area contributed by atoms with E-state index in [0.717, 1.165) is 10.4 Å². The number of thiophene rings is 1. The molecule has 2 heterocycles. The second kappa shape index (κ2) is 9.77. The Kier molecular flexibility index (Phi) is 6.79. The highest BCUT2D eigenvalue weighted by Crippen LogP contribution is 2.50. The Morgan fingerprint density at radius 3 is 2.53 bits per heavy atom. The Balaban J connectivity index is 1.84. The topological polar surface area (TPSA) is 94.1 Å². The average Bonchev–Trinajstić information content (AvgIpc) is 3.19. The summed E-state index contributed by atoms with van der Waals surface area (Å²) in [5.41, 5.74) is 2.63. The van der Waals surface area contributed by atoms with Gasteiger partial charge in [-0.25, -0.2) is 4.79 Å². The third-order valence-corrected chi connectivity index (χ3v) is 6.80. The van der Waals surface area contributed by atoms with Gasteiger partial charge in [0.25, 0.3) is 0 Å². The molecule has 4 rings (SSSR count). The molecule has 178 valence electrons. The number of carboxylic acids is 1. The van der Waals surface area contributed by atoms with Crippen LogP contribution in [0.5, 0.6) is 17.2 Å². The number of nitrogens with one attached hydrogen (secondary N) is 1. The third kappa shape index (κ3) is 4.59. The first-order chi connectivity index (χ1) is 16.3. The van der Waals surface area contributed by atoms with Gasteiger partial charge in [0.15, 0.2) is 11.5 Å². The van der Waals surface area contributed by atoms with Crippen molar-refractivity contribution in [2.75, 3.05) is 19.0 Å². The van der Waals surface area contributed by atoms with Crippen LogP contribution in [-0.4, -0.2) is 36.8 Å². The lowest BCUT2D eigenvalue weighted by Gasteiger charge is -2.25. The van der Waals surface area contributed by atoms with Crippen molar-refractivity contribution in [3.8, 4) is 28.4 Å². The minimum Gasteiger partial charge on any atom is -0.497 e. The number of methoxy groups -OCH3 is 1. The van der Waals surface area contributed by atoms with Gasteiger partial charge in [0, 0.05) is 22.8 Å². The molecule has 8 heteroatoms. The lowest BCUT2D eigenvalue weighted by Crippen LogP contribution is -2.22. The Hall–Kier alpha value is -3.52. The zero-order valence-corrected chi connectivity index (χ0v) is 20.3. The van der Waals surface area contributed by atoms with Crippen molar-refractivity contribution in [2.24, 2.45) is 0 Å². The molecule has 0 saturated heterocycles. The molecule has 1 aliphatic heterocycles. The zero-order chi connectivity index (χ0) is 24.4. The predicted octanol–water partition coefficient (Wildman–Crippen LogP) is 5.78. The highest BCUT2D eigenvalue weighted by Gasteiger charge is 2.35. The highest BCUT2D eigenvalue weighted by molar-refractivity contribution is 7.15. The Bertz CT molecular complexity index is 1210. The summed E-state index contributed by atoms with van der Waals surface area (Å²) in [5, 5.41) is 12.9. The van der Waals surface area contributed by atoms with Gasteiger partial charge in [0.05, 0.1) is 25.5 Å². The SMILES string of the molecule is CCOc1cc([C@@H]2CC(=O)Nc3c2sc(C(=O)O)c3-c2ccc(OC)cc2)ccc1OC(C)C. The van der Waals surface area contributed by atoms with Crippen molar-refractivity contribution in [2.45, 2.75) is 39.2 Å². The number of hydrogen-bond donors (Lipinski definition) is 2. The molecule has 1 amide bonds. The second-order valence-corrected chi connectivity index (χ2v) is 9.24. The Labute approximate surface area is 202 Å². The van der Waals surface area contributed by atoms with E-state index in [-0.39, 0.29) is 29.2 Å². The predicted molar refractivity (Wildman–Crippen MR) is 132 cm³/mol. The second-order valence-electron chi connectivity index (χ2n) is 8.19. The fourth-order valence-corrected chi connectivity index (χ4v) is 5.35. The van der Waals surface area contributed by atoms with Crippen molar-refractivity contribution in [1.29, 1.82) is 0 Å². The molecule has 2 aromatic carbocycles. The van der Waals surface area contributed by atoms with Crippen LogP contribution in [0, 0.1) is 0 Å². The molecule has 3 aromatic rings. The smallest absolute Gasteiger partial charge is 0.346 e. The quantitative estimate of drug-likeness (QED) is 0.423. The van der Waals surface area contributed by atoms with Gasteiger partial charge in [-0.3, -0.25) is 4.79 Å². The minimum atomic E-state index is -1.03. The number of benzene rings is 2. The monoisotopic (exact) mass is 481 g/mol. The van der Waals surface area contributed by atoms with Gasteiger partial charge in [0.1, 0.15) is 10.6 Å². The van der Waals surface area contributed by atoms with Crippen molar-refractivity contribution in [1.82, 2.24) is 0 Å². The van der Waals surface area contributed by atoms with Gasteiger partial charge in [0.2, 0.25) is 5.91 Å². The molecular formula is C26H27NO6S. The van der Waals surface area contributed by atoms with E-state index in [1.54, 1.807) is 31.4 Å². The number of carbonyl (C=O) groups excluding carboxylic acids is 1. The molecule has 1 atom stereocenters. The van der Waals surface area contributed by atoms with Crippen molar-refractivity contribution >= 4 is 28.9 Å². The van der Waals surface area contributed by atoms with Crippen LogP contribution in [0.15, 0.2) is 42.5 Å². The van der Waals surface area contributed by atoms with Gasteiger partial charge in [-0.05, 0) is 56.2 Å². The van der Waals surface area contributed by atoms with Crippen LogP contribution < -0.4 is 19.5 Å². The first kappa shape index (κ1) is 23.6. The number of anilines is 1. The van der Waals surface area contributed by atoms with Crippen LogP contribution in [0.1, 0.15) is 53.2 Å². The van der Waals surface area contributed by atoms with Crippen LogP contribution in [-0.2, 0) is 4.79 Å². The van der Waals surface area contributed by atoms with E-state index >= 15 is 0 Å². The maximum Gasteiger partial charge on any atom is 0.346 e. The van der Waals surface area contributed by atoms with Gasteiger partial charge in [-0.2, -0.15) is 0 Å². The Morgan fingerprint density at radius 1 is 1.18 bits per heavy atom. The number of carboxylic acid groups (broad SMARTS) is 1. The van der Waals surface area contributed by atoms with Crippen molar-refractivity contribution in [3.63, 3.8) is 0 Å². The third-order valence-electron chi connectivity index (χ3n) is 5.51. The lowest BCUT2D eigenvalue weighted by molar-refractivity contribution is -0.116. The standard InChI is InChI=1S/C26H27NO6S/c1-5-32-20-12-16(8-11-19(20)33-14(2)3)18-13-21(28)27-23-22(25(26(29)30)34-24(18)23)15-6-9-17(31-4)10-7-15/h6-12,14,18H,5,13H2,1-4H3,(H,27,28)(H,29,30)/t18-/m0/s1. The molecule has 0 unspecified atom stereocenters. The number of hydrogen-bond acceptors (Lipinski definition) is 6. The molecule has 0 aliphatic carbocycles. The molecule has 0 bridgehead atoms. The highest BCUT2D eigenvalue weighted by atomic mass is 32.1. The van der Waals surface area contributed by atoms with E-state index in [0.29, 0.717) is 40.7 Å². The molecule has 34 heavy (non-hydrogen) atoms. The summed E-state index contributed by atoms with van der Waals surface area (Å²) in [4.78, 5) is 25.9. The van der Waals surface area contributed by atoms with Crippen LogP contribution in [0.3, 0.4) is 0 Å². The maximum atomic E-state index is 12.8. The largest absolute Gasteiger partial charge is 0.497 e. The van der Waals surface area contributed by atoms with Gasteiger partial charge in [-0.1, -0.05) is 18.2 Å². The maximum absolute atomic E-state index is 12.8. The van der Waals surface area contributed by atoms with E-state index in [9.17, 15) is 14.7 Å². The van der Waals surface area contributed by atoms with E-state index in [2.05, 4.69) is 5.32 Å². The summed E-state index contributed by atoms with van der Waals surface area (Å²) >= 11 is 1.20.